The average molecular weight is 297 g/mol. The molecule has 7 nitrogen and oxygen atoms in total. The van der Waals surface area contributed by atoms with Crippen molar-refractivity contribution in [2.45, 2.75) is 25.7 Å². The average Bonchev–Trinajstić information content (AvgIpc) is 2.85. The topological polar surface area (TPSA) is 89.9 Å². The van der Waals surface area contributed by atoms with Crippen LogP contribution in [0.25, 0.3) is 0 Å². The van der Waals surface area contributed by atoms with Crippen molar-refractivity contribution in [2.24, 2.45) is 11.8 Å². The van der Waals surface area contributed by atoms with E-state index in [0.29, 0.717) is 26.1 Å². The first kappa shape index (κ1) is 15.6. The number of rotatable bonds is 3. The van der Waals surface area contributed by atoms with E-state index in [9.17, 15) is 14.4 Å². The number of carboxylic acid groups (broad SMARTS) is 1. The van der Waals surface area contributed by atoms with Crippen LogP contribution >= 0.6 is 0 Å². The number of hydrogen-bond acceptors (Lipinski definition) is 3. The fourth-order valence-corrected chi connectivity index (χ4v) is 3.10. The Morgan fingerprint density at radius 1 is 1.29 bits per heavy atom. The van der Waals surface area contributed by atoms with Gasteiger partial charge in [0.1, 0.15) is 6.54 Å². The minimum absolute atomic E-state index is 0.00296. The van der Waals surface area contributed by atoms with Gasteiger partial charge < -0.3 is 20.2 Å². The van der Waals surface area contributed by atoms with Crippen molar-refractivity contribution in [3.8, 4) is 0 Å². The number of nitrogens with zero attached hydrogens (tertiary/aromatic N) is 2. The van der Waals surface area contributed by atoms with Gasteiger partial charge in [0, 0.05) is 26.7 Å². The molecule has 7 heteroatoms. The van der Waals surface area contributed by atoms with Gasteiger partial charge in [-0.15, -0.1) is 0 Å². The van der Waals surface area contributed by atoms with Gasteiger partial charge in [-0.1, -0.05) is 6.42 Å². The molecule has 0 radical (unpaired) electrons. The lowest BCUT2D eigenvalue weighted by Gasteiger charge is -2.22. The second-order valence-electron chi connectivity index (χ2n) is 5.91. The number of carbonyl (C=O) groups is 3. The van der Waals surface area contributed by atoms with Gasteiger partial charge in [0.15, 0.2) is 0 Å². The number of carboxylic acids is 1. The van der Waals surface area contributed by atoms with Crippen molar-refractivity contribution in [1.29, 1.82) is 0 Å². The summed E-state index contributed by atoms with van der Waals surface area (Å²) in [6, 6.07) is -0.269. The molecule has 1 heterocycles. The van der Waals surface area contributed by atoms with Crippen molar-refractivity contribution < 1.29 is 19.5 Å². The molecule has 0 aromatic carbocycles. The molecular formula is C14H23N3O4. The maximum absolute atomic E-state index is 12.1. The molecule has 3 amide bonds. The van der Waals surface area contributed by atoms with E-state index in [2.05, 4.69) is 5.32 Å². The normalized spacial score (nSPS) is 26.6. The summed E-state index contributed by atoms with van der Waals surface area (Å²) >= 11 is 0. The van der Waals surface area contributed by atoms with Crippen LogP contribution < -0.4 is 5.32 Å². The maximum atomic E-state index is 12.1. The lowest BCUT2D eigenvalue weighted by atomic mass is 9.96. The highest BCUT2D eigenvalue weighted by molar-refractivity contribution is 5.84. The Morgan fingerprint density at radius 3 is 2.76 bits per heavy atom. The zero-order valence-electron chi connectivity index (χ0n) is 12.4. The molecule has 2 atom stereocenters. The van der Waals surface area contributed by atoms with E-state index < -0.39 is 5.97 Å². The first-order valence-electron chi connectivity index (χ1n) is 7.48. The second kappa shape index (κ2) is 6.78. The molecule has 1 saturated carbocycles. The highest BCUT2D eigenvalue weighted by atomic mass is 16.4. The van der Waals surface area contributed by atoms with Gasteiger partial charge in [-0.3, -0.25) is 9.59 Å². The van der Waals surface area contributed by atoms with Crippen molar-refractivity contribution in [1.82, 2.24) is 15.1 Å². The van der Waals surface area contributed by atoms with E-state index in [1.54, 1.807) is 11.9 Å². The molecule has 2 unspecified atom stereocenters. The summed E-state index contributed by atoms with van der Waals surface area (Å²) < 4.78 is 0. The SMILES string of the molecule is CN1CCCN(C(=O)NCC2CCCC2C(=O)O)CC1=O. The van der Waals surface area contributed by atoms with E-state index in [4.69, 9.17) is 5.11 Å². The number of urea groups is 1. The first-order valence-corrected chi connectivity index (χ1v) is 7.48. The third-order valence-corrected chi connectivity index (χ3v) is 4.45. The molecule has 2 aliphatic rings. The molecule has 2 N–H and O–H groups in total. The van der Waals surface area contributed by atoms with E-state index in [0.717, 1.165) is 19.3 Å². The summed E-state index contributed by atoms with van der Waals surface area (Å²) in [5.74, 6) is -1.20. The van der Waals surface area contributed by atoms with E-state index >= 15 is 0 Å². The van der Waals surface area contributed by atoms with Crippen LogP contribution in [0.4, 0.5) is 4.79 Å². The van der Waals surface area contributed by atoms with Gasteiger partial charge in [0.05, 0.1) is 5.92 Å². The number of amides is 3. The molecule has 21 heavy (non-hydrogen) atoms. The van der Waals surface area contributed by atoms with Crippen molar-refractivity contribution in [2.75, 3.05) is 33.2 Å². The highest BCUT2D eigenvalue weighted by Gasteiger charge is 2.33. The third kappa shape index (κ3) is 3.86. The first-order chi connectivity index (χ1) is 9.99. The lowest BCUT2D eigenvalue weighted by Crippen LogP contribution is -2.45. The quantitative estimate of drug-likeness (QED) is 0.787. The van der Waals surface area contributed by atoms with Crippen molar-refractivity contribution in [3.05, 3.63) is 0 Å². The van der Waals surface area contributed by atoms with Crippen LogP contribution in [-0.2, 0) is 9.59 Å². The summed E-state index contributed by atoms with van der Waals surface area (Å²) in [6.07, 6.45) is 3.17. The Bertz CT molecular complexity index is 426. The zero-order chi connectivity index (χ0) is 15.4. The van der Waals surface area contributed by atoms with E-state index in [-0.39, 0.29) is 30.3 Å². The fourth-order valence-electron chi connectivity index (χ4n) is 3.10. The summed E-state index contributed by atoms with van der Waals surface area (Å²) in [4.78, 5) is 38.1. The van der Waals surface area contributed by atoms with Gasteiger partial charge in [-0.25, -0.2) is 4.79 Å². The van der Waals surface area contributed by atoms with E-state index in [1.807, 2.05) is 0 Å². The number of aliphatic carboxylic acids is 1. The standard InChI is InChI=1S/C14H23N3O4/c1-16-6-3-7-17(9-12(16)18)14(21)15-8-10-4-2-5-11(10)13(19)20/h10-11H,2-9H2,1H3,(H,15,21)(H,19,20). The Morgan fingerprint density at radius 2 is 2.05 bits per heavy atom. The van der Waals surface area contributed by atoms with E-state index in [1.165, 1.54) is 4.90 Å². The summed E-state index contributed by atoms with van der Waals surface area (Å²) in [5.41, 5.74) is 0. The molecule has 2 rings (SSSR count). The molecule has 0 spiro atoms. The number of nitrogens with one attached hydrogen (secondary N) is 1. The van der Waals surface area contributed by atoms with Crippen LogP contribution in [-0.4, -0.2) is 66.0 Å². The molecular weight excluding hydrogens is 274 g/mol. The zero-order valence-corrected chi connectivity index (χ0v) is 12.4. The number of hydrogen-bond donors (Lipinski definition) is 2. The Kier molecular flexibility index (Phi) is 5.03. The minimum atomic E-state index is -0.779. The smallest absolute Gasteiger partial charge is 0.317 e. The maximum Gasteiger partial charge on any atom is 0.317 e. The Hall–Kier alpha value is -1.79. The number of likely N-dealkylation sites (N-methyl/N-ethyl adjacent to an activating group) is 1. The van der Waals surface area contributed by atoms with Crippen LogP contribution in [0.1, 0.15) is 25.7 Å². The van der Waals surface area contributed by atoms with Gasteiger partial charge in [-0.05, 0) is 25.2 Å². The van der Waals surface area contributed by atoms with Gasteiger partial charge >= 0.3 is 12.0 Å². The van der Waals surface area contributed by atoms with Gasteiger partial charge in [0.2, 0.25) is 5.91 Å². The highest BCUT2D eigenvalue weighted by Crippen LogP contribution is 2.31. The molecule has 118 valence electrons. The predicted molar refractivity (Wildman–Crippen MR) is 75.7 cm³/mol. The minimum Gasteiger partial charge on any atom is -0.481 e. The van der Waals surface area contributed by atoms with Crippen LogP contribution in [0.2, 0.25) is 0 Å². The van der Waals surface area contributed by atoms with Crippen LogP contribution in [0, 0.1) is 11.8 Å². The Balaban J connectivity index is 1.84. The summed E-state index contributed by atoms with van der Waals surface area (Å²) in [7, 11) is 1.74. The molecule has 0 aromatic rings. The summed E-state index contributed by atoms with van der Waals surface area (Å²) in [5, 5.41) is 11.9. The fraction of sp³-hybridized carbons (Fsp3) is 0.786. The predicted octanol–water partition coefficient (Wildman–Crippen LogP) is 0.361. The second-order valence-corrected chi connectivity index (χ2v) is 5.91. The molecule has 1 saturated heterocycles. The van der Waals surface area contributed by atoms with Crippen LogP contribution in [0.3, 0.4) is 0 Å². The largest absolute Gasteiger partial charge is 0.481 e. The third-order valence-electron chi connectivity index (χ3n) is 4.45. The van der Waals surface area contributed by atoms with Gasteiger partial charge in [-0.2, -0.15) is 0 Å². The van der Waals surface area contributed by atoms with Crippen LogP contribution in [0.5, 0.6) is 0 Å². The summed E-state index contributed by atoms with van der Waals surface area (Å²) in [6.45, 7) is 1.67. The lowest BCUT2D eigenvalue weighted by molar-refractivity contribution is -0.142. The number of carbonyl (C=O) groups excluding carboxylic acids is 2. The molecule has 1 aliphatic heterocycles. The van der Waals surface area contributed by atoms with Crippen molar-refractivity contribution in [3.63, 3.8) is 0 Å². The van der Waals surface area contributed by atoms with Crippen molar-refractivity contribution >= 4 is 17.9 Å². The monoisotopic (exact) mass is 297 g/mol. The molecule has 1 aliphatic carbocycles. The van der Waals surface area contributed by atoms with Gasteiger partial charge in [0.25, 0.3) is 0 Å². The molecule has 0 aromatic heterocycles. The van der Waals surface area contributed by atoms with Crippen LogP contribution in [0.15, 0.2) is 0 Å². The molecule has 2 fully saturated rings. The Labute approximate surface area is 124 Å². The molecule has 0 bridgehead atoms.